The lowest BCUT2D eigenvalue weighted by Gasteiger charge is -2.26. The van der Waals surface area contributed by atoms with E-state index in [1.165, 1.54) is 15.9 Å². The van der Waals surface area contributed by atoms with Crippen LogP contribution in [-0.4, -0.2) is 28.4 Å². The van der Waals surface area contributed by atoms with Gasteiger partial charge in [-0.1, -0.05) is 59.9 Å². The maximum atomic E-state index is 14.0. The molecule has 4 aromatic rings. The average molecular weight is 529 g/mol. The number of hydrogen-bond donors (Lipinski definition) is 1. The molecule has 0 fully saturated rings. The van der Waals surface area contributed by atoms with E-state index in [9.17, 15) is 14.7 Å². The third-order valence-corrected chi connectivity index (χ3v) is 7.30. The van der Waals surface area contributed by atoms with Gasteiger partial charge >= 0.3 is 5.97 Å². The highest BCUT2D eigenvalue weighted by Crippen LogP contribution is 2.36. The molecule has 194 valence electrons. The Hall–Kier alpha value is -4.17. The predicted octanol–water partition coefficient (Wildman–Crippen LogP) is 4.44. The molecule has 0 radical (unpaired) electrons. The van der Waals surface area contributed by atoms with E-state index in [4.69, 9.17) is 9.47 Å². The van der Waals surface area contributed by atoms with Crippen molar-refractivity contribution in [3.8, 4) is 11.5 Å². The summed E-state index contributed by atoms with van der Waals surface area (Å²) >= 11 is 1.21. The number of allylic oxidation sites excluding steroid dienone is 1. The van der Waals surface area contributed by atoms with Crippen molar-refractivity contribution in [3.63, 3.8) is 0 Å². The number of phenols is 1. The Balaban J connectivity index is 1.79. The van der Waals surface area contributed by atoms with Gasteiger partial charge in [0.1, 0.15) is 17.5 Å². The van der Waals surface area contributed by atoms with E-state index in [1.54, 1.807) is 26.0 Å². The average Bonchev–Trinajstić information content (AvgIpc) is 3.19. The van der Waals surface area contributed by atoms with E-state index in [0.717, 1.165) is 10.8 Å². The zero-order valence-corrected chi connectivity index (χ0v) is 22.4. The van der Waals surface area contributed by atoms with Gasteiger partial charge in [0.2, 0.25) is 0 Å². The standard InChI is InChI=1S/C30H28N2O5S/c1-5-36-29(35)26-18(4)31-30-32(27(26)21-12-8-9-13-24(21)37-17(2)3)28(34)25(38-30)16-22-20-11-7-6-10-19(20)14-15-23(22)33/h6-17,27,33H,5H2,1-4H3/b25-16-/t27-/m0/s1. The summed E-state index contributed by atoms with van der Waals surface area (Å²) in [5.74, 6) is 0.120. The minimum atomic E-state index is -0.788. The predicted molar refractivity (Wildman–Crippen MR) is 148 cm³/mol. The molecule has 7 nitrogen and oxygen atoms in total. The molecule has 3 aromatic carbocycles. The number of ether oxygens (including phenoxy) is 2. The van der Waals surface area contributed by atoms with E-state index in [2.05, 4.69) is 4.99 Å². The second kappa shape index (κ2) is 10.3. The maximum absolute atomic E-state index is 14.0. The number of rotatable bonds is 6. The van der Waals surface area contributed by atoms with E-state index < -0.39 is 12.0 Å². The lowest BCUT2D eigenvalue weighted by atomic mass is 9.95. The summed E-state index contributed by atoms with van der Waals surface area (Å²) in [6.45, 7) is 7.53. The van der Waals surface area contributed by atoms with Crippen molar-refractivity contribution in [1.82, 2.24) is 4.57 Å². The fraction of sp³-hybridized carbons (Fsp3) is 0.233. The molecule has 1 atom stereocenters. The molecule has 1 N–H and O–H groups in total. The van der Waals surface area contributed by atoms with Crippen molar-refractivity contribution in [2.75, 3.05) is 6.61 Å². The fourth-order valence-electron chi connectivity index (χ4n) is 4.72. The second-order valence-corrected chi connectivity index (χ2v) is 10.2. The molecule has 1 aromatic heterocycles. The first-order chi connectivity index (χ1) is 18.3. The van der Waals surface area contributed by atoms with Crippen LogP contribution in [0.4, 0.5) is 0 Å². The zero-order valence-electron chi connectivity index (χ0n) is 21.6. The highest BCUT2D eigenvalue weighted by Gasteiger charge is 2.35. The topological polar surface area (TPSA) is 90.1 Å². The number of para-hydroxylation sites is 1. The number of phenolic OH excluding ortho intramolecular Hbond substituents is 1. The number of carbonyl (C=O) groups is 1. The summed E-state index contributed by atoms with van der Waals surface area (Å²) in [5.41, 5.74) is 1.67. The third kappa shape index (κ3) is 4.52. The second-order valence-electron chi connectivity index (χ2n) is 9.23. The first kappa shape index (κ1) is 25.5. The van der Waals surface area contributed by atoms with Gasteiger partial charge in [-0.05, 0) is 56.7 Å². The summed E-state index contributed by atoms with van der Waals surface area (Å²) in [4.78, 5) is 32.3. The van der Waals surface area contributed by atoms with Crippen LogP contribution in [0.1, 0.15) is 44.9 Å². The minimum absolute atomic E-state index is 0.0742. The number of benzene rings is 3. The number of carbonyl (C=O) groups excluding carboxylic acids is 1. The van der Waals surface area contributed by atoms with E-state index in [1.807, 2.05) is 68.4 Å². The first-order valence-electron chi connectivity index (χ1n) is 12.5. The Morgan fingerprint density at radius 3 is 2.63 bits per heavy atom. The minimum Gasteiger partial charge on any atom is -0.507 e. The lowest BCUT2D eigenvalue weighted by Crippen LogP contribution is -2.40. The Bertz CT molecular complexity index is 1760. The van der Waals surface area contributed by atoms with Gasteiger partial charge in [0, 0.05) is 11.1 Å². The molecule has 0 unspecified atom stereocenters. The van der Waals surface area contributed by atoms with Crippen molar-refractivity contribution in [1.29, 1.82) is 0 Å². The number of hydrogen-bond acceptors (Lipinski definition) is 7. The number of nitrogens with zero attached hydrogens (tertiary/aromatic N) is 2. The normalized spacial score (nSPS) is 15.5. The Morgan fingerprint density at radius 2 is 1.87 bits per heavy atom. The summed E-state index contributed by atoms with van der Waals surface area (Å²) in [6.07, 6.45) is 1.58. The monoisotopic (exact) mass is 528 g/mol. The number of fused-ring (bicyclic) bond motifs is 2. The van der Waals surface area contributed by atoms with Crippen LogP contribution in [0.3, 0.4) is 0 Å². The highest BCUT2D eigenvalue weighted by molar-refractivity contribution is 7.07. The molecule has 0 spiro atoms. The van der Waals surface area contributed by atoms with Crippen molar-refractivity contribution in [2.45, 2.75) is 39.8 Å². The van der Waals surface area contributed by atoms with Gasteiger partial charge in [-0.25, -0.2) is 9.79 Å². The van der Waals surface area contributed by atoms with Crippen LogP contribution in [0, 0.1) is 0 Å². The SMILES string of the molecule is CCOC(=O)C1=C(C)N=c2s/c(=C\c3c(O)ccc4ccccc34)c(=O)n2[C@H]1c1ccccc1OC(C)C. The van der Waals surface area contributed by atoms with Crippen molar-refractivity contribution < 1.29 is 19.4 Å². The first-order valence-corrected chi connectivity index (χ1v) is 13.3. The molecule has 1 aliphatic heterocycles. The van der Waals surface area contributed by atoms with Crippen LogP contribution in [0.5, 0.6) is 11.5 Å². The van der Waals surface area contributed by atoms with Crippen LogP contribution in [0.25, 0.3) is 16.8 Å². The van der Waals surface area contributed by atoms with Crippen LogP contribution in [0.2, 0.25) is 0 Å². The van der Waals surface area contributed by atoms with Crippen molar-refractivity contribution in [2.24, 2.45) is 4.99 Å². The van der Waals surface area contributed by atoms with Gasteiger partial charge in [-0.15, -0.1) is 0 Å². The lowest BCUT2D eigenvalue weighted by molar-refractivity contribution is -0.139. The molecule has 38 heavy (non-hydrogen) atoms. The molecular formula is C30H28N2O5S. The molecule has 0 saturated heterocycles. The molecule has 8 heteroatoms. The van der Waals surface area contributed by atoms with E-state index >= 15 is 0 Å². The van der Waals surface area contributed by atoms with E-state index in [-0.39, 0.29) is 24.0 Å². The largest absolute Gasteiger partial charge is 0.507 e. The van der Waals surface area contributed by atoms with E-state index in [0.29, 0.717) is 37.5 Å². The molecular weight excluding hydrogens is 500 g/mol. The Morgan fingerprint density at radius 1 is 1.13 bits per heavy atom. The van der Waals surface area contributed by atoms with Gasteiger partial charge in [0.05, 0.1) is 28.5 Å². The van der Waals surface area contributed by atoms with Crippen LogP contribution < -0.4 is 19.6 Å². The van der Waals surface area contributed by atoms with Crippen LogP contribution in [0.15, 0.2) is 81.7 Å². The number of aromatic hydroxyl groups is 1. The maximum Gasteiger partial charge on any atom is 0.338 e. The van der Waals surface area contributed by atoms with Gasteiger partial charge in [0.25, 0.3) is 5.56 Å². The molecule has 2 heterocycles. The molecule has 1 aliphatic rings. The summed E-state index contributed by atoms with van der Waals surface area (Å²) in [6, 6.07) is 17.7. The van der Waals surface area contributed by atoms with Crippen LogP contribution in [-0.2, 0) is 9.53 Å². The van der Waals surface area contributed by atoms with Crippen LogP contribution >= 0.6 is 11.3 Å². The zero-order chi connectivity index (χ0) is 27.0. The molecule has 0 amide bonds. The summed E-state index contributed by atoms with van der Waals surface area (Å²) in [5, 5.41) is 12.5. The smallest absolute Gasteiger partial charge is 0.338 e. The quantitative estimate of drug-likeness (QED) is 0.374. The third-order valence-electron chi connectivity index (χ3n) is 6.32. The van der Waals surface area contributed by atoms with Gasteiger partial charge in [-0.3, -0.25) is 9.36 Å². The number of thiazole rings is 1. The Labute approximate surface area is 223 Å². The molecule has 0 aliphatic carbocycles. The molecule has 0 saturated carbocycles. The molecule has 0 bridgehead atoms. The molecule has 5 rings (SSSR count). The van der Waals surface area contributed by atoms with Gasteiger partial charge in [0.15, 0.2) is 4.80 Å². The van der Waals surface area contributed by atoms with Crippen molar-refractivity contribution >= 4 is 34.2 Å². The highest BCUT2D eigenvalue weighted by atomic mass is 32.1. The number of esters is 1. The fourth-order valence-corrected chi connectivity index (χ4v) is 5.75. The van der Waals surface area contributed by atoms with Gasteiger partial charge in [-0.2, -0.15) is 0 Å². The summed E-state index contributed by atoms with van der Waals surface area (Å²) in [7, 11) is 0. The van der Waals surface area contributed by atoms with Gasteiger partial charge < -0.3 is 14.6 Å². The Kier molecular flexibility index (Phi) is 6.91. The summed E-state index contributed by atoms with van der Waals surface area (Å²) < 4.78 is 13.4. The number of aromatic nitrogens is 1. The van der Waals surface area contributed by atoms with Crippen molar-refractivity contribution in [3.05, 3.63) is 103 Å².